The van der Waals surface area contributed by atoms with Gasteiger partial charge >= 0.3 is 5.97 Å². The van der Waals surface area contributed by atoms with E-state index in [0.29, 0.717) is 37.2 Å². The standard InChI is InChI=1S/C21H25F2NO5/c1-28-20(27)12-3-2-4-16(5-12)29-18-7-14-11-24(10-13(14)6-17(18)25)19(26)15-8-21(22,23)9-15/h2-5,13-15,17-18,25H,6-11H2,1H3/t13-,14+,17+,18+/m0/s1. The maximum absolute atomic E-state index is 13.1. The SMILES string of the molecule is COC(=O)c1cccc(O[C@@H]2C[C@@H]3CN(C(=O)C4CC(F)(F)C4)C[C@@H]3C[C@H]2O)c1. The zero-order valence-corrected chi connectivity index (χ0v) is 16.2. The van der Waals surface area contributed by atoms with Crippen LogP contribution < -0.4 is 4.74 Å². The van der Waals surface area contributed by atoms with E-state index in [2.05, 4.69) is 0 Å². The second-order valence-corrected chi connectivity index (χ2v) is 8.44. The first-order valence-electron chi connectivity index (χ1n) is 9.95. The van der Waals surface area contributed by atoms with Gasteiger partial charge in [0.15, 0.2) is 0 Å². The highest BCUT2D eigenvalue weighted by Crippen LogP contribution is 2.45. The minimum atomic E-state index is -2.71. The number of aliphatic hydroxyl groups excluding tert-OH is 1. The van der Waals surface area contributed by atoms with Gasteiger partial charge in [-0.2, -0.15) is 0 Å². The Morgan fingerprint density at radius 3 is 2.52 bits per heavy atom. The molecular weight excluding hydrogens is 384 g/mol. The number of methoxy groups -OCH3 is 1. The van der Waals surface area contributed by atoms with Crippen molar-refractivity contribution in [2.24, 2.45) is 17.8 Å². The van der Waals surface area contributed by atoms with Crippen molar-refractivity contribution in [2.45, 2.75) is 43.8 Å². The van der Waals surface area contributed by atoms with Crippen LogP contribution in [-0.2, 0) is 9.53 Å². The molecule has 1 heterocycles. The molecule has 1 aliphatic heterocycles. The van der Waals surface area contributed by atoms with Crippen molar-refractivity contribution in [2.75, 3.05) is 20.2 Å². The second kappa shape index (κ2) is 7.55. The molecule has 1 aromatic carbocycles. The van der Waals surface area contributed by atoms with Crippen LogP contribution >= 0.6 is 0 Å². The summed E-state index contributed by atoms with van der Waals surface area (Å²) in [5.41, 5.74) is 0.364. The normalized spacial score (nSPS) is 31.0. The zero-order valence-electron chi connectivity index (χ0n) is 16.2. The number of carbonyl (C=O) groups excluding carboxylic acids is 2. The molecule has 2 saturated carbocycles. The maximum Gasteiger partial charge on any atom is 0.337 e. The quantitative estimate of drug-likeness (QED) is 0.774. The largest absolute Gasteiger partial charge is 0.488 e. The minimum absolute atomic E-state index is 0.149. The van der Waals surface area contributed by atoms with E-state index in [4.69, 9.17) is 9.47 Å². The second-order valence-electron chi connectivity index (χ2n) is 8.44. The molecule has 2 aliphatic carbocycles. The van der Waals surface area contributed by atoms with Crippen LogP contribution in [0.4, 0.5) is 8.78 Å². The number of fused-ring (bicyclic) bond motifs is 1. The van der Waals surface area contributed by atoms with Crippen molar-refractivity contribution >= 4 is 11.9 Å². The summed E-state index contributed by atoms with van der Waals surface area (Å²) in [6.07, 6.45) is -0.797. The van der Waals surface area contributed by atoms with E-state index in [-0.39, 0.29) is 30.6 Å². The number of hydrogen-bond donors (Lipinski definition) is 1. The number of aliphatic hydroxyl groups is 1. The number of ether oxygens (including phenoxy) is 2. The van der Waals surface area contributed by atoms with Crippen LogP contribution in [0.5, 0.6) is 5.75 Å². The molecule has 0 aromatic heterocycles. The molecule has 1 amide bonds. The molecule has 0 radical (unpaired) electrons. The van der Waals surface area contributed by atoms with Gasteiger partial charge in [0.25, 0.3) is 0 Å². The maximum atomic E-state index is 13.1. The number of halogens is 2. The fourth-order valence-corrected chi connectivity index (χ4v) is 4.78. The molecule has 4 atom stereocenters. The number of likely N-dealkylation sites (tertiary alicyclic amines) is 1. The van der Waals surface area contributed by atoms with Crippen LogP contribution in [0.15, 0.2) is 24.3 Å². The number of carbonyl (C=O) groups is 2. The Bertz CT molecular complexity index is 793. The zero-order chi connectivity index (χ0) is 20.8. The molecule has 1 N–H and O–H groups in total. The van der Waals surface area contributed by atoms with Crippen molar-refractivity contribution in [3.8, 4) is 5.75 Å². The lowest BCUT2D eigenvalue weighted by Crippen LogP contribution is -2.46. The fraction of sp³-hybridized carbons (Fsp3) is 0.619. The number of alkyl halides is 2. The predicted octanol–water partition coefficient (Wildman–Crippen LogP) is 2.50. The van der Waals surface area contributed by atoms with Crippen LogP contribution in [0.2, 0.25) is 0 Å². The Hall–Kier alpha value is -2.22. The molecule has 0 spiro atoms. The van der Waals surface area contributed by atoms with E-state index >= 15 is 0 Å². The summed E-state index contributed by atoms with van der Waals surface area (Å²) in [6.45, 7) is 1.02. The molecule has 4 rings (SSSR count). The van der Waals surface area contributed by atoms with Gasteiger partial charge in [0.1, 0.15) is 11.9 Å². The van der Waals surface area contributed by atoms with E-state index < -0.39 is 30.0 Å². The third kappa shape index (κ3) is 4.08. The first-order chi connectivity index (χ1) is 13.8. The van der Waals surface area contributed by atoms with Gasteiger partial charge in [-0.05, 0) is 42.9 Å². The first kappa shape index (κ1) is 20.1. The Labute approximate surface area is 167 Å². The molecule has 1 aromatic rings. The van der Waals surface area contributed by atoms with Gasteiger partial charge in [0, 0.05) is 31.8 Å². The molecule has 8 heteroatoms. The third-order valence-corrected chi connectivity index (χ3v) is 6.38. The first-order valence-corrected chi connectivity index (χ1v) is 9.95. The summed E-state index contributed by atoms with van der Waals surface area (Å²) in [6, 6.07) is 6.60. The van der Waals surface area contributed by atoms with E-state index in [9.17, 15) is 23.5 Å². The van der Waals surface area contributed by atoms with Crippen molar-refractivity contribution in [1.82, 2.24) is 4.90 Å². The monoisotopic (exact) mass is 409 g/mol. The van der Waals surface area contributed by atoms with E-state index in [1.807, 2.05) is 0 Å². The highest BCUT2D eigenvalue weighted by Gasteiger charge is 2.52. The number of esters is 1. The van der Waals surface area contributed by atoms with E-state index in [1.165, 1.54) is 7.11 Å². The van der Waals surface area contributed by atoms with Crippen LogP contribution in [-0.4, -0.2) is 60.2 Å². The number of hydrogen-bond acceptors (Lipinski definition) is 5. The molecule has 0 unspecified atom stereocenters. The molecule has 3 fully saturated rings. The molecule has 0 bridgehead atoms. The van der Waals surface area contributed by atoms with E-state index in [0.717, 1.165) is 0 Å². The Morgan fingerprint density at radius 1 is 1.17 bits per heavy atom. The van der Waals surface area contributed by atoms with Gasteiger partial charge in [-0.25, -0.2) is 13.6 Å². The summed E-state index contributed by atoms with van der Waals surface area (Å²) in [5, 5.41) is 10.5. The predicted molar refractivity (Wildman–Crippen MR) is 98.7 cm³/mol. The smallest absolute Gasteiger partial charge is 0.337 e. The van der Waals surface area contributed by atoms with Crippen LogP contribution in [0.1, 0.15) is 36.0 Å². The number of rotatable bonds is 4. The Kier molecular flexibility index (Phi) is 5.23. The molecular formula is C21H25F2NO5. The molecule has 3 aliphatic rings. The van der Waals surface area contributed by atoms with Crippen LogP contribution in [0.3, 0.4) is 0 Å². The van der Waals surface area contributed by atoms with Crippen molar-refractivity contribution in [3.63, 3.8) is 0 Å². The lowest BCUT2D eigenvalue weighted by atomic mass is 9.78. The van der Waals surface area contributed by atoms with Crippen molar-refractivity contribution in [3.05, 3.63) is 29.8 Å². The summed E-state index contributed by atoms with van der Waals surface area (Å²) in [7, 11) is 1.30. The minimum Gasteiger partial charge on any atom is -0.488 e. The molecule has 6 nitrogen and oxygen atoms in total. The van der Waals surface area contributed by atoms with Gasteiger partial charge in [0.05, 0.1) is 18.8 Å². The topological polar surface area (TPSA) is 76.1 Å². The number of benzene rings is 1. The number of nitrogens with zero attached hydrogens (tertiary/aromatic N) is 1. The summed E-state index contributed by atoms with van der Waals surface area (Å²) in [4.78, 5) is 25.9. The summed E-state index contributed by atoms with van der Waals surface area (Å²) < 4.78 is 36.8. The average molecular weight is 409 g/mol. The van der Waals surface area contributed by atoms with Gasteiger partial charge in [0.2, 0.25) is 11.8 Å². The molecule has 158 valence electrons. The lowest BCUT2D eigenvalue weighted by Gasteiger charge is -2.36. The summed E-state index contributed by atoms with van der Waals surface area (Å²) in [5.74, 6) is -3.16. The molecule has 1 saturated heterocycles. The number of amides is 1. The van der Waals surface area contributed by atoms with Crippen molar-refractivity contribution in [1.29, 1.82) is 0 Å². The van der Waals surface area contributed by atoms with Gasteiger partial charge in [-0.15, -0.1) is 0 Å². The third-order valence-electron chi connectivity index (χ3n) is 6.38. The van der Waals surface area contributed by atoms with Gasteiger partial charge in [-0.1, -0.05) is 6.07 Å². The van der Waals surface area contributed by atoms with Gasteiger partial charge in [-0.3, -0.25) is 4.79 Å². The Morgan fingerprint density at radius 2 is 1.86 bits per heavy atom. The van der Waals surface area contributed by atoms with Crippen molar-refractivity contribution < 1.29 is 33.0 Å². The highest BCUT2D eigenvalue weighted by atomic mass is 19.3. The lowest BCUT2D eigenvalue weighted by molar-refractivity contribution is -0.159. The van der Waals surface area contributed by atoms with Gasteiger partial charge < -0.3 is 19.5 Å². The van der Waals surface area contributed by atoms with Crippen LogP contribution in [0, 0.1) is 17.8 Å². The fourth-order valence-electron chi connectivity index (χ4n) is 4.78. The summed E-state index contributed by atoms with van der Waals surface area (Å²) >= 11 is 0. The Balaban J connectivity index is 1.37. The van der Waals surface area contributed by atoms with Crippen LogP contribution in [0.25, 0.3) is 0 Å². The van der Waals surface area contributed by atoms with E-state index in [1.54, 1.807) is 29.2 Å². The molecule has 29 heavy (non-hydrogen) atoms. The highest BCUT2D eigenvalue weighted by molar-refractivity contribution is 5.89. The average Bonchev–Trinajstić information content (AvgIpc) is 3.08.